The molecule has 1 aliphatic heterocycles. The molecular formula is C11H19N3O. The highest BCUT2D eigenvalue weighted by Crippen LogP contribution is 2.23. The lowest BCUT2D eigenvalue weighted by Crippen LogP contribution is -2.46. The number of aryl methyl sites for hydroxylation is 1. The van der Waals surface area contributed by atoms with E-state index < -0.39 is 0 Å². The van der Waals surface area contributed by atoms with E-state index in [0.29, 0.717) is 6.04 Å². The smallest absolute Gasteiger partial charge is 0.0949 e. The van der Waals surface area contributed by atoms with Gasteiger partial charge in [0.2, 0.25) is 0 Å². The number of hydrogen-bond donors (Lipinski definition) is 1. The largest absolute Gasteiger partial charge is 0.395 e. The predicted octanol–water partition coefficient (Wildman–Crippen LogP) is 0.547. The summed E-state index contributed by atoms with van der Waals surface area (Å²) >= 11 is 0. The molecule has 1 aromatic rings. The maximum atomic E-state index is 9.39. The standard InChI is InChI=1S/C11H19N3O/c1-8(2)14-5-10-11(4-9(14)6-15)13(3)7-12-10/h7-9,15H,4-6H2,1-3H3/t9-/m0/s1. The Kier molecular flexibility index (Phi) is 2.80. The summed E-state index contributed by atoms with van der Waals surface area (Å²) in [5.41, 5.74) is 2.43. The van der Waals surface area contributed by atoms with Crippen LogP contribution < -0.4 is 0 Å². The predicted molar refractivity (Wildman–Crippen MR) is 58.5 cm³/mol. The van der Waals surface area contributed by atoms with E-state index in [-0.39, 0.29) is 12.6 Å². The number of hydrogen-bond acceptors (Lipinski definition) is 3. The molecule has 4 heteroatoms. The molecule has 1 aromatic heterocycles. The van der Waals surface area contributed by atoms with Crippen molar-refractivity contribution < 1.29 is 5.11 Å². The van der Waals surface area contributed by atoms with Crippen molar-refractivity contribution >= 4 is 0 Å². The molecule has 1 aliphatic rings. The zero-order chi connectivity index (χ0) is 11.0. The minimum absolute atomic E-state index is 0.225. The van der Waals surface area contributed by atoms with Gasteiger partial charge in [0.25, 0.3) is 0 Å². The third-order valence-electron chi connectivity index (χ3n) is 3.25. The average Bonchev–Trinajstić information content (AvgIpc) is 2.58. The molecule has 0 amide bonds. The fraction of sp³-hybridized carbons (Fsp3) is 0.727. The van der Waals surface area contributed by atoms with Gasteiger partial charge in [0.1, 0.15) is 0 Å². The molecule has 1 atom stereocenters. The number of fused-ring (bicyclic) bond motifs is 1. The average molecular weight is 209 g/mol. The van der Waals surface area contributed by atoms with E-state index in [4.69, 9.17) is 0 Å². The molecule has 0 bridgehead atoms. The monoisotopic (exact) mass is 209 g/mol. The van der Waals surface area contributed by atoms with E-state index in [0.717, 1.165) is 18.7 Å². The van der Waals surface area contributed by atoms with E-state index in [2.05, 4.69) is 28.3 Å². The minimum Gasteiger partial charge on any atom is -0.395 e. The highest BCUT2D eigenvalue weighted by atomic mass is 16.3. The third kappa shape index (κ3) is 1.79. The Morgan fingerprint density at radius 3 is 2.93 bits per heavy atom. The zero-order valence-electron chi connectivity index (χ0n) is 9.64. The Morgan fingerprint density at radius 2 is 2.33 bits per heavy atom. The van der Waals surface area contributed by atoms with E-state index in [1.807, 2.05) is 13.4 Å². The van der Waals surface area contributed by atoms with Gasteiger partial charge in [-0.05, 0) is 13.8 Å². The second-order valence-corrected chi connectivity index (χ2v) is 4.56. The summed E-state index contributed by atoms with van der Waals surface area (Å²) in [6.07, 6.45) is 2.77. The summed E-state index contributed by atoms with van der Waals surface area (Å²) in [5, 5.41) is 9.39. The molecule has 0 radical (unpaired) electrons. The molecule has 2 heterocycles. The summed E-state index contributed by atoms with van der Waals surface area (Å²) in [6, 6.07) is 0.699. The van der Waals surface area contributed by atoms with E-state index in [9.17, 15) is 5.11 Å². The SMILES string of the molecule is CC(C)N1Cc2ncn(C)c2C[C@H]1CO. The molecule has 0 spiro atoms. The van der Waals surface area contributed by atoms with Gasteiger partial charge >= 0.3 is 0 Å². The van der Waals surface area contributed by atoms with Gasteiger partial charge in [-0.25, -0.2) is 4.98 Å². The van der Waals surface area contributed by atoms with Crippen molar-refractivity contribution in [2.24, 2.45) is 7.05 Å². The van der Waals surface area contributed by atoms with Crippen LogP contribution in [-0.4, -0.2) is 38.2 Å². The topological polar surface area (TPSA) is 41.3 Å². The van der Waals surface area contributed by atoms with Gasteiger partial charge in [-0.2, -0.15) is 0 Å². The summed E-state index contributed by atoms with van der Waals surface area (Å²) in [4.78, 5) is 6.71. The van der Waals surface area contributed by atoms with Crippen LogP contribution >= 0.6 is 0 Å². The minimum atomic E-state index is 0.225. The molecule has 0 unspecified atom stereocenters. The van der Waals surface area contributed by atoms with Gasteiger partial charge in [0, 0.05) is 37.8 Å². The summed E-state index contributed by atoms with van der Waals surface area (Å²) in [7, 11) is 2.02. The lowest BCUT2D eigenvalue weighted by atomic mass is 10.0. The van der Waals surface area contributed by atoms with Crippen molar-refractivity contribution in [2.45, 2.75) is 38.9 Å². The Labute approximate surface area is 90.5 Å². The van der Waals surface area contributed by atoms with Crippen LogP contribution in [0.15, 0.2) is 6.33 Å². The second kappa shape index (κ2) is 3.94. The highest BCUT2D eigenvalue weighted by molar-refractivity contribution is 5.18. The Hall–Kier alpha value is -0.870. The van der Waals surface area contributed by atoms with Crippen LogP contribution in [0.25, 0.3) is 0 Å². The lowest BCUT2D eigenvalue weighted by molar-refractivity contribution is 0.0764. The maximum Gasteiger partial charge on any atom is 0.0949 e. The lowest BCUT2D eigenvalue weighted by Gasteiger charge is -2.37. The van der Waals surface area contributed by atoms with Gasteiger partial charge in [-0.3, -0.25) is 4.90 Å². The fourth-order valence-electron chi connectivity index (χ4n) is 2.31. The molecule has 15 heavy (non-hydrogen) atoms. The molecule has 0 saturated heterocycles. The molecule has 0 aliphatic carbocycles. The number of aliphatic hydroxyl groups is 1. The zero-order valence-corrected chi connectivity index (χ0v) is 9.64. The van der Waals surface area contributed by atoms with Crippen LogP contribution in [0.5, 0.6) is 0 Å². The van der Waals surface area contributed by atoms with Crippen LogP contribution in [0, 0.1) is 0 Å². The van der Waals surface area contributed by atoms with E-state index in [1.54, 1.807) is 0 Å². The quantitative estimate of drug-likeness (QED) is 0.773. The first-order chi connectivity index (χ1) is 7.13. The second-order valence-electron chi connectivity index (χ2n) is 4.56. The Balaban J connectivity index is 2.28. The molecule has 84 valence electrons. The fourth-order valence-corrected chi connectivity index (χ4v) is 2.31. The van der Waals surface area contributed by atoms with Gasteiger partial charge in [0.15, 0.2) is 0 Å². The number of aromatic nitrogens is 2. The Bertz CT molecular complexity index is 346. The molecule has 4 nitrogen and oxygen atoms in total. The van der Waals surface area contributed by atoms with Crippen molar-refractivity contribution in [1.29, 1.82) is 0 Å². The van der Waals surface area contributed by atoms with E-state index >= 15 is 0 Å². The summed E-state index contributed by atoms with van der Waals surface area (Å²) in [6.45, 7) is 5.41. The first kappa shape index (κ1) is 10.6. The molecule has 0 aromatic carbocycles. The van der Waals surface area contributed by atoms with Crippen molar-refractivity contribution in [3.8, 4) is 0 Å². The van der Waals surface area contributed by atoms with Crippen molar-refractivity contribution in [3.63, 3.8) is 0 Å². The van der Waals surface area contributed by atoms with Gasteiger partial charge in [-0.15, -0.1) is 0 Å². The van der Waals surface area contributed by atoms with Crippen LogP contribution in [0.1, 0.15) is 25.2 Å². The molecular weight excluding hydrogens is 190 g/mol. The number of rotatable bonds is 2. The molecule has 2 rings (SSSR count). The van der Waals surface area contributed by atoms with Gasteiger partial charge in [-0.1, -0.05) is 0 Å². The van der Waals surface area contributed by atoms with Crippen molar-refractivity contribution in [2.75, 3.05) is 6.61 Å². The first-order valence-electron chi connectivity index (χ1n) is 5.49. The third-order valence-corrected chi connectivity index (χ3v) is 3.25. The summed E-state index contributed by atoms with van der Waals surface area (Å²) in [5.74, 6) is 0. The molecule has 1 N–H and O–H groups in total. The van der Waals surface area contributed by atoms with Crippen LogP contribution in [0.3, 0.4) is 0 Å². The first-order valence-corrected chi connectivity index (χ1v) is 5.49. The molecule has 0 saturated carbocycles. The van der Waals surface area contributed by atoms with Crippen molar-refractivity contribution in [3.05, 3.63) is 17.7 Å². The number of imidazole rings is 1. The van der Waals surface area contributed by atoms with E-state index in [1.165, 1.54) is 5.69 Å². The summed E-state index contributed by atoms with van der Waals surface area (Å²) < 4.78 is 2.07. The highest BCUT2D eigenvalue weighted by Gasteiger charge is 2.29. The van der Waals surface area contributed by atoms with Crippen LogP contribution in [0.4, 0.5) is 0 Å². The number of nitrogens with zero attached hydrogens (tertiary/aromatic N) is 3. The maximum absolute atomic E-state index is 9.39. The molecule has 0 fully saturated rings. The van der Waals surface area contributed by atoms with Gasteiger partial charge < -0.3 is 9.67 Å². The van der Waals surface area contributed by atoms with Crippen LogP contribution in [-0.2, 0) is 20.0 Å². The Morgan fingerprint density at radius 1 is 1.60 bits per heavy atom. The normalized spacial score (nSPS) is 22.1. The van der Waals surface area contributed by atoms with Crippen molar-refractivity contribution in [1.82, 2.24) is 14.5 Å². The number of aliphatic hydroxyl groups excluding tert-OH is 1. The van der Waals surface area contributed by atoms with Gasteiger partial charge in [0.05, 0.1) is 18.6 Å². The van der Waals surface area contributed by atoms with Crippen LogP contribution in [0.2, 0.25) is 0 Å².